The summed E-state index contributed by atoms with van der Waals surface area (Å²) in [6.45, 7) is 13.7. The van der Waals surface area contributed by atoms with Crippen molar-refractivity contribution in [3.05, 3.63) is 48.9 Å². The molecular formula is C15H23N3O. The van der Waals surface area contributed by atoms with E-state index in [1.54, 1.807) is 24.3 Å². The van der Waals surface area contributed by atoms with E-state index in [2.05, 4.69) is 29.8 Å². The molecule has 0 amide bonds. The molecule has 104 valence electrons. The molecule has 0 atom stereocenters. The van der Waals surface area contributed by atoms with E-state index in [0.717, 1.165) is 13.1 Å². The van der Waals surface area contributed by atoms with Crippen LogP contribution >= 0.6 is 0 Å². The fraction of sp³-hybridized carbons (Fsp3) is 0.333. The van der Waals surface area contributed by atoms with Gasteiger partial charge >= 0.3 is 0 Å². The number of nitrogens with one attached hydrogen (secondary N) is 1. The maximum absolute atomic E-state index is 7.99. The van der Waals surface area contributed by atoms with E-state index in [0.29, 0.717) is 30.3 Å². The van der Waals surface area contributed by atoms with Crippen LogP contribution in [0.3, 0.4) is 0 Å². The monoisotopic (exact) mass is 261 g/mol. The lowest BCUT2D eigenvalue weighted by Crippen LogP contribution is -2.35. The summed E-state index contributed by atoms with van der Waals surface area (Å²) < 4.78 is 5.28. The molecule has 0 aromatic rings. The Bertz CT molecular complexity index is 402. The zero-order valence-corrected chi connectivity index (χ0v) is 10.6. The van der Waals surface area contributed by atoms with Crippen molar-refractivity contribution >= 4 is 12.4 Å². The number of hydrogen-bond acceptors (Lipinski definition) is 4. The molecule has 4 nitrogen and oxygen atoms in total. The number of rotatable bonds is 6. The van der Waals surface area contributed by atoms with E-state index in [-0.39, 0.29) is 7.43 Å². The molecule has 0 unspecified atom stereocenters. The van der Waals surface area contributed by atoms with Crippen LogP contribution in [0.15, 0.2) is 53.8 Å². The fourth-order valence-corrected chi connectivity index (χ4v) is 1.64. The van der Waals surface area contributed by atoms with E-state index in [1.165, 1.54) is 0 Å². The molecule has 1 rings (SSSR count). The highest BCUT2D eigenvalue weighted by Gasteiger charge is 2.13. The van der Waals surface area contributed by atoms with Crippen molar-refractivity contribution in [2.24, 2.45) is 4.99 Å². The molecule has 19 heavy (non-hydrogen) atoms. The Balaban J connectivity index is 0.00000324. The summed E-state index contributed by atoms with van der Waals surface area (Å²) in [5, 5.41) is 7.99. The Hall–Kier alpha value is -1.94. The first-order valence-corrected chi connectivity index (χ1v) is 5.78. The molecule has 0 bridgehead atoms. The smallest absolute Gasteiger partial charge is 0.130 e. The first-order valence-electron chi connectivity index (χ1n) is 5.78. The van der Waals surface area contributed by atoms with Crippen molar-refractivity contribution in [1.82, 2.24) is 4.90 Å². The highest BCUT2D eigenvalue weighted by Crippen LogP contribution is 2.11. The number of aliphatic imine (C=N–C) groups is 1. The van der Waals surface area contributed by atoms with Crippen molar-refractivity contribution < 1.29 is 4.74 Å². The lowest BCUT2D eigenvalue weighted by atomic mass is 10.1. The minimum Gasteiger partial charge on any atom is -0.378 e. The van der Waals surface area contributed by atoms with Gasteiger partial charge in [-0.05, 0) is 12.3 Å². The fourth-order valence-electron chi connectivity index (χ4n) is 1.64. The average molecular weight is 261 g/mol. The lowest BCUT2D eigenvalue weighted by molar-refractivity contribution is 0.0533. The third-order valence-electron chi connectivity index (χ3n) is 2.60. The van der Waals surface area contributed by atoms with Crippen LogP contribution in [-0.2, 0) is 4.74 Å². The third kappa shape index (κ3) is 5.06. The summed E-state index contributed by atoms with van der Waals surface area (Å²) >= 11 is 0. The maximum atomic E-state index is 7.99. The zero-order chi connectivity index (χ0) is 13.4. The van der Waals surface area contributed by atoms with Crippen molar-refractivity contribution in [3.8, 4) is 0 Å². The van der Waals surface area contributed by atoms with E-state index >= 15 is 0 Å². The average Bonchev–Trinajstić information content (AvgIpc) is 2.42. The van der Waals surface area contributed by atoms with Gasteiger partial charge in [-0.3, -0.25) is 0 Å². The SMILES string of the molecule is C.C=C/C=C(\C=C)C(=N)/C=C(\N=C)N1CCOCC1. The van der Waals surface area contributed by atoms with Gasteiger partial charge in [-0.1, -0.05) is 38.8 Å². The first-order chi connectivity index (χ1) is 8.72. The van der Waals surface area contributed by atoms with E-state index in [1.807, 2.05) is 0 Å². The van der Waals surface area contributed by atoms with Crippen LogP contribution in [0, 0.1) is 5.41 Å². The van der Waals surface area contributed by atoms with Gasteiger partial charge in [0.2, 0.25) is 0 Å². The van der Waals surface area contributed by atoms with Crippen LogP contribution in [0.1, 0.15) is 7.43 Å². The van der Waals surface area contributed by atoms with Crippen LogP contribution in [0.4, 0.5) is 0 Å². The first kappa shape index (κ1) is 17.1. The molecule has 0 spiro atoms. The molecule has 1 N–H and O–H groups in total. The van der Waals surface area contributed by atoms with Gasteiger partial charge in [-0.15, -0.1) is 0 Å². The number of hydrogen-bond donors (Lipinski definition) is 1. The standard InChI is InChI=1S/C14H19N3O.CH4/c1-4-6-12(5-2)13(15)11-14(16-3)17-7-9-18-10-8-17;/h4-6,11,15H,1-3,7-10H2;1H4/b12-6+,14-11+,15-13?;. The topological polar surface area (TPSA) is 48.7 Å². The molecule has 0 aromatic carbocycles. The summed E-state index contributed by atoms with van der Waals surface area (Å²) in [6.07, 6.45) is 6.69. The molecule has 0 radical (unpaired) electrons. The van der Waals surface area contributed by atoms with Crippen molar-refractivity contribution in [3.63, 3.8) is 0 Å². The highest BCUT2D eigenvalue weighted by molar-refractivity contribution is 6.08. The minimum absolute atomic E-state index is 0. The molecule has 1 saturated heterocycles. The molecule has 0 aromatic heterocycles. The Kier molecular flexibility index (Phi) is 8.13. The van der Waals surface area contributed by atoms with Crippen molar-refractivity contribution in [2.75, 3.05) is 26.3 Å². The van der Waals surface area contributed by atoms with Crippen LogP contribution < -0.4 is 0 Å². The molecule has 4 heteroatoms. The van der Waals surface area contributed by atoms with Gasteiger partial charge in [0, 0.05) is 19.2 Å². The van der Waals surface area contributed by atoms with Gasteiger partial charge in [-0.2, -0.15) is 0 Å². The van der Waals surface area contributed by atoms with Gasteiger partial charge in [0.1, 0.15) is 5.82 Å². The summed E-state index contributed by atoms with van der Waals surface area (Å²) in [7, 11) is 0. The van der Waals surface area contributed by atoms with Crippen LogP contribution in [0.25, 0.3) is 0 Å². The summed E-state index contributed by atoms with van der Waals surface area (Å²) in [4.78, 5) is 6.04. The Morgan fingerprint density at radius 3 is 2.37 bits per heavy atom. The Morgan fingerprint density at radius 2 is 1.89 bits per heavy atom. The number of allylic oxidation sites excluding steroid dienone is 5. The molecule has 1 fully saturated rings. The normalized spacial score (nSPS) is 16.3. The molecular weight excluding hydrogens is 238 g/mol. The summed E-state index contributed by atoms with van der Waals surface area (Å²) in [5.74, 6) is 0.695. The molecule has 1 aliphatic rings. The largest absolute Gasteiger partial charge is 0.378 e. The van der Waals surface area contributed by atoms with Gasteiger partial charge in [0.15, 0.2) is 0 Å². The second-order valence-corrected chi connectivity index (χ2v) is 3.74. The predicted molar refractivity (Wildman–Crippen MR) is 83.0 cm³/mol. The van der Waals surface area contributed by atoms with Gasteiger partial charge in [0.05, 0.1) is 18.9 Å². The summed E-state index contributed by atoms with van der Waals surface area (Å²) in [6, 6.07) is 0. The maximum Gasteiger partial charge on any atom is 0.130 e. The van der Waals surface area contributed by atoms with Crippen molar-refractivity contribution in [1.29, 1.82) is 5.41 Å². The highest BCUT2D eigenvalue weighted by atomic mass is 16.5. The molecule has 0 saturated carbocycles. The second kappa shape index (κ2) is 9.05. The summed E-state index contributed by atoms with van der Waals surface area (Å²) in [5.41, 5.74) is 1.05. The van der Waals surface area contributed by atoms with Crippen LogP contribution in [0.5, 0.6) is 0 Å². The van der Waals surface area contributed by atoms with Gasteiger partial charge in [0.25, 0.3) is 0 Å². The molecule has 1 aliphatic heterocycles. The Labute approximate surface area is 116 Å². The van der Waals surface area contributed by atoms with Gasteiger partial charge in [-0.25, -0.2) is 4.99 Å². The number of nitrogens with zero attached hydrogens (tertiary/aromatic N) is 2. The minimum atomic E-state index is 0. The lowest BCUT2D eigenvalue weighted by Gasteiger charge is -2.28. The zero-order valence-electron chi connectivity index (χ0n) is 10.6. The van der Waals surface area contributed by atoms with E-state index in [4.69, 9.17) is 10.1 Å². The van der Waals surface area contributed by atoms with E-state index < -0.39 is 0 Å². The Morgan fingerprint density at radius 1 is 1.26 bits per heavy atom. The predicted octanol–water partition coefficient (Wildman–Crippen LogP) is 2.81. The van der Waals surface area contributed by atoms with Crippen LogP contribution in [0.2, 0.25) is 0 Å². The number of morpholine rings is 1. The second-order valence-electron chi connectivity index (χ2n) is 3.74. The third-order valence-corrected chi connectivity index (χ3v) is 2.60. The van der Waals surface area contributed by atoms with Crippen molar-refractivity contribution in [2.45, 2.75) is 7.43 Å². The van der Waals surface area contributed by atoms with Crippen LogP contribution in [-0.4, -0.2) is 43.6 Å². The van der Waals surface area contributed by atoms with Gasteiger partial charge < -0.3 is 15.0 Å². The molecule has 0 aliphatic carbocycles. The van der Waals surface area contributed by atoms with E-state index in [9.17, 15) is 0 Å². The number of ether oxygens (including phenoxy) is 1. The molecule has 1 heterocycles. The quantitative estimate of drug-likeness (QED) is 0.590.